The highest BCUT2D eigenvalue weighted by Crippen LogP contribution is 2.27. The van der Waals surface area contributed by atoms with Crippen LogP contribution in [0.5, 0.6) is 0 Å². The summed E-state index contributed by atoms with van der Waals surface area (Å²) in [7, 11) is -3.50. The number of aryl methyl sites for hydroxylation is 2. The summed E-state index contributed by atoms with van der Waals surface area (Å²) in [6.45, 7) is 10.3. The van der Waals surface area contributed by atoms with Crippen molar-refractivity contribution >= 4 is 15.9 Å². The molecule has 1 aromatic carbocycles. The zero-order valence-corrected chi connectivity index (χ0v) is 17.3. The number of hydrogen-bond acceptors (Lipinski definition) is 3. The molecule has 1 aliphatic rings. The van der Waals surface area contributed by atoms with E-state index >= 15 is 0 Å². The molecule has 6 heteroatoms. The maximum absolute atomic E-state index is 13.0. The first-order valence-corrected chi connectivity index (χ1v) is 11.1. The van der Waals surface area contributed by atoms with Crippen LogP contribution in [-0.2, 0) is 14.8 Å². The molecule has 2 rings (SSSR count). The fraction of sp³-hybridized carbons (Fsp3) is 0.650. The molecule has 0 atom stereocenters. The number of benzene rings is 1. The second kappa shape index (κ2) is 9.00. The monoisotopic (exact) mass is 380 g/mol. The minimum atomic E-state index is -3.50. The first kappa shape index (κ1) is 20.9. The van der Waals surface area contributed by atoms with Crippen LogP contribution in [0.2, 0.25) is 0 Å². The third-order valence-electron chi connectivity index (χ3n) is 5.06. The summed E-state index contributed by atoms with van der Waals surface area (Å²) in [6, 6.07) is 5.52. The molecule has 0 saturated carbocycles. The molecule has 0 spiro atoms. The molecule has 1 heterocycles. The lowest BCUT2D eigenvalue weighted by Gasteiger charge is -2.34. The molecule has 0 aromatic heterocycles. The minimum absolute atomic E-state index is 0.0573. The van der Waals surface area contributed by atoms with Crippen LogP contribution in [0.1, 0.15) is 50.7 Å². The number of rotatable bonds is 7. The summed E-state index contributed by atoms with van der Waals surface area (Å²) >= 11 is 0. The van der Waals surface area contributed by atoms with Crippen LogP contribution in [0.3, 0.4) is 0 Å². The SMILES string of the molecule is CCCN(CCC)C(=O)C1CCN(S(=O)(=O)c2cc(C)ccc2C)CC1. The van der Waals surface area contributed by atoms with Crippen LogP contribution in [0.25, 0.3) is 0 Å². The third kappa shape index (κ3) is 4.65. The maximum Gasteiger partial charge on any atom is 0.243 e. The van der Waals surface area contributed by atoms with Crippen molar-refractivity contribution in [3.05, 3.63) is 29.3 Å². The van der Waals surface area contributed by atoms with Crippen molar-refractivity contribution < 1.29 is 13.2 Å². The van der Waals surface area contributed by atoms with Gasteiger partial charge in [0, 0.05) is 32.1 Å². The Hall–Kier alpha value is -1.40. The number of carbonyl (C=O) groups is 1. The zero-order chi connectivity index (χ0) is 19.3. The highest BCUT2D eigenvalue weighted by molar-refractivity contribution is 7.89. The number of piperidine rings is 1. The molecular weight excluding hydrogens is 348 g/mol. The van der Waals surface area contributed by atoms with Crippen LogP contribution < -0.4 is 0 Å². The molecule has 0 aliphatic carbocycles. The van der Waals surface area contributed by atoms with Crippen LogP contribution in [0.15, 0.2) is 23.1 Å². The Kier molecular flexibility index (Phi) is 7.24. The van der Waals surface area contributed by atoms with Gasteiger partial charge in [-0.25, -0.2) is 8.42 Å². The van der Waals surface area contributed by atoms with Crippen molar-refractivity contribution in [2.75, 3.05) is 26.2 Å². The second-order valence-corrected chi connectivity index (χ2v) is 9.18. The van der Waals surface area contributed by atoms with E-state index in [0.29, 0.717) is 30.8 Å². The van der Waals surface area contributed by atoms with E-state index in [1.54, 1.807) is 10.4 Å². The molecule has 146 valence electrons. The van der Waals surface area contributed by atoms with E-state index in [2.05, 4.69) is 13.8 Å². The normalized spacial score (nSPS) is 16.6. The van der Waals surface area contributed by atoms with Crippen molar-refractivity contribution in [1.82, 2.24) is 9.21 Å². The Bertz CT molecular complexity index is 717. The van der Waals surface area contributed by atoms with E-state index in [1.807, 2.05) is 30.9 Å². The molecule has 1 saturated heterocycles. The standard InChI is InChI=1S/C20H32N2O3S/c1-5-11-21(12-6-2)20(23)18-9-13-22(14-10-18)26(24,25)19-15-16(3)7-8-17(19)4/h7-8,15,18H,5-6,9-14H2,1-4H3. The van der Waals surface area contributed by atoms with E-state index in [9.17, 15) is 13.2 Å². The molecule has 0 bridgehead atoms. The summed E-state index contributed by atoms with van der Waals surface area (Å²) in [4.78, 5) is 15.1. The van der Waals surface area contributed by atoms with Crippen molar-refractivity contribution in [3.63, 3.8) is 0 Å². The molecule has 1 aliphatic heterocycles. The van der Waals surface area contributed by atoms with Crippen LogP contribution in [0, 0.1) is 19.8 Å². The molecule has 0 unspecified atom stereocenters. The van der Waals surface area contributed by atoms with Crippen molar-refractivity contribution in [3.8, 4) is 0 Å². The molecule has 26 heavy (non-hydrogen) atoms. The van der Waals surface area contributed by atoms with Gasteiger partial charge in [0.25, 0.3) is 0 Å². The second-order valence-electron chi connectivity index (χ2n) is 7.27. The topological polar surface area (TPSA) is 57.7 Å². The maximum atomic E-state index is 13.0. The lowest BCUT2D eigenvalue weighted by Crippen LogP contribution is -2.44. The number of nitrogens with zero attached hydrogens (tertiary/aromatic N) is 2. The average Bonchev–Trinajstić information content (AvgIpc) is 2.63. The fourth-order valence-corrected chi connectivity index (χ4v) is 5.38. The van der Waals surface area contributed by atoms with Gasteiger partial charge in [-0.2, -0.15) is 4.31 Å². The average molecular weight is 381 g/mol. The summed E-state index contributed by atoms with van der Waals surface area (Å²) in [6.07, 6.45) is 3.11. The Morgan fingerprint density at radius 3 is 2.23 bits per heavy atom. The van der Waals surface area contributed by atoms with Gasteiger partial charge in [-0.15, -0.1) is 0 Å². The van der Waals surface area contributed by atoms with E-state index in [1.165, 1.54) is 0 Å². The van der Waals surface area contributed by atoms with Crippen molar-refractivity contribution in [2.45, 2.75) is 58.3 Å². The number of carbonyl (C=O) groups excluding carboxylic acids is 1. The molecule has 1 fully saturated rings. The lowest BCUT2D eigenvalue weighted by molar-refractivity contribution is -0.136. The molecule has 0 N–H and O–H groups in total. The van der Waals surface area contributed by atoms with Crippen LogP contribution in [-0.4, -0.2) is 49.7 Å². The Morgan fingerprint density at radius 1 is 1.12 bits per heavy atom. The summed E-state index contributed by atoms with van der Waals surface area (Å²) in [5, 5.41) is 0. The highest BCUT2D eigenvalue weighted by atomic mass is 32.2. The Balaban J connectivity index is 2.07. The summed E-state index contributed by atoms with van der Waals surface area (Å²) in [5.74, 6) is 0.135. The molecule has 0 radical (unpaired) electrons. The number of hydrogen-bond donors (Lipinski definition) is 0. The van der Waals surface area contributed by atoms with Gasteiger partial charge in [-0.3, -0.25) is 4.79 Å². The molecule has 5 nitrogen and oxygen atoms in total. The minimum Gasteiger partial charge on any atom is -0.342 e. The van der Waals surface area contributed by atoms with Gasteiger partial charge in [0.2, 0.25) is 15.9 Å². The van der Waals surface area contributed by atoms with Gasteiger partial charge in [0.05, 0.1) is 4.90 Å². The zero-order valence-electron chi connectivity index (χ0n) is 16.5. The number of amides is 1. The predicted molar refractivity (Wildman–Crippen MR) is 105 cm³/mol. The van der Waals surface area contributed by atoms with E-state index in [-0.39, 0.29) is 11.8 Å². The van der Waals surface area contributed by atoms with Crippen LogP contribution >= 0.6 is 0 Å². The highest BCUT2D eigenvalue weighted by Gasteiger charge is 2.34. The van der Waals surface area contributed by atoms with E-state index in [0.717, 1.165) is 37.1 Å². The first-order valence-electron chi connectivity index (χ1n) is 9.67. The van der Waals surface area contributed by atoms with Gasteiger partial charge in [0.1, 0.15) is 0 Å². The van der Waals surface area contributed by atoms with Gasteiger partial charge in [-0.05, 0) is 56.7 Å². The number of sulfonamides is 1. The smallest absolute Gasteiger partial charge is 0.243 e. The predicted octanol–water partition coefficient (Wildman–Crippen LogP) is 3.35. The van der Waals surface area contributed by atoms with E-state index < -0.39 is 10.0 Å². The Morgan fingerprint density at radius 2 is 1.69 bits per heavy atom. The summed E-state index contributed by atoms with van der Waals surface area (Å²) < 4.78 is 27.6. The molecule has 1 aromatic rings. The first-order chi connectivity index (χ1) is 12.3. The summed E-state index contributed by atoms with van der Waals surface area (Å²) in [5.41, 5.74) is 1.71. The van der Waals surface area contributed by atoms with Crippen LogP contribution in [0.4, 0.5) is 0 Å². The molecular formula is C20H32N2O3S. The van der Waals surface area contributed by atoms with Crippen molar-refractivity contribution in [2.24, 2.45) is 5.92 Å². The van der Waals surface area contributed by atoms with Gasteiger partial charge < -0.3 is 4.90 Å². The van der Waals surface area contributed by atoms with Gasteiger partial charge in [0.15, 0.2) is 0 Å². The largest absolute Gasteiger partial charge is 0.342 e. The van der Waals surface area contributed by atoms with E-state index in [4.69, 9.17) is 0 Å². The molecule has 1 amide bonds. The van der Waals surface area contributed by atoms with Gasteiger partial charge in [-0.1, -0.05) is 26.0 Å². The van der Waals surface area contributed by atoms with Crippen molar-refractivity contribution in [1.29, 1.82) is 0 Å². The Labute approximate surface area is 158 Å². The van der Waals surface area contributed by atoms with Gasteiger partial charge >= 0.3 is 0 Å². The fourth-order valence-electron chi connectivity index (χ4n) is 3.60. The lowest BCUT2D eigenvalue weighted by atomic mass is 9.96. The quantitative estimate of drug-likeness (QED) is 0.729. The third-order valence-corrected chi connectivity index (χ3v) is 7.10.